The van der Waals surface area contributed by atoms with Crippen molar-refractivity contribution in [1.82, 2.24) is 10.3 Å². The summed E-state index contributed by atoms with van der Waals surface area (Å²) in [5.74, 6) is -0.737. The summed E-state index contributed by atoms with van der Waals surface area (Å²) >= 11 is 6.03. The Morgan fingerprint density at radius 2 is 1.93 bits per heavy atom. The number of nitro benzene ring substituents is 1. The minimum atomic E-state index is -0.647. The summed E-state index contributed by atoms with van der Waals surface area (Å²) in [4.78, 5) is 36.8. The maximum Gasteiger partial charge on any atom is 0.269 e. The summed E-state index contributed by atoms with van der Waals surface area (Å²) in [6.45, 7) is 0.433. The standard InChI is InChI=1S/C19H17ClN4O4/c20-16-5-2-1-4-14(16)12-21-22-18(25)17-6-3-11-23(17)19(26)13-7-9-15(10-8-13)24(27)28/h1-2,4-5,7-10,12,17H,3,6,11H2,(H,22,25)/t17-/m1/s1. The second kappa shape index (κ2) is 8.62. The van der Waals surface area contributed by atoms with Gasteiger partial charge < -0.3 is 4.90 Å². The Labute approximate surface area is 165 Å². The quantitative estimate of drug-likeness (QED) is 0.473. The number of hydrogen-bond donors (Lipinski definition) is 1. The van der Waals surface area contributed by atoms with Crippen LogP contribution in [0.2, 0.25) is 5.02 Å². The zero-order chi connectivity index (χ0) is 20.1. The second-order valence-electron chi connectivity index (χ2n) is 6.22. The molecule has 2 aromatic rings. The van der Waals surface area contributed by atoms with Gasteiger partial charge in [-0.15, -0.1) is 0 Å². The molecule has 1 aliphatic heterocycles. The highest BCUT2D eigenvalue weighted by Crippen LogP contribution is 2.22. The van der Waals surface area contributed by atoms with E-state index in [1.165, 1.54) is 35.4 Å². The number of rotatable bonds is 5. The molecule has 2 aromatic carbocycles. The Morgan fingerprint density at radius 1 is 1.21 bits per heavy atom. The van der Waals surface area contributed by atoms with Crippen molar-refractivity contribution in [3.05, 3.63) is 74.8 Å². The van der Waals surface area contributed by atoms with E-state index in [-0.39, 0.29) is 11.6 Å². The third kappa shape index (κ3) is 4.34. The van der Waals surface area contributed by atoms with Crippen LogP contribution < -0.4 is 5.43 Å². The first-order valence-corrected chi connectivity index (χ1v) is 8.98. The molecule has 3 rings (SSSR count). The van der Waals surface area contributed by atoms with E-state index in [1.807, 2.05) is 0 Å². The van der Waals surface area contributed by atoms with E-state index < -0.39 is 16.9 Å². The lowest BCUT2D eigenvalue weighted by atomic mass is 10.1. The maximum absolute atomic E-state index is 12.7. The van der Waals surface area contributed by atoms with Gasteiger partial charge in [0.1, 0.15) is 6.04 Å². The molecule has 9 heteroatoms. The van der Waals surface area contributed by atoms with Crippen LogP contribution in [0.3, 0.4) is 0 Å². The molecule has 8 nitrogen and oxygen atoms in total. The van der Waals surface area contributed by atoms with Crippen LogP contribution in [0.25, 0.3) is 0 Å². The number of carbonyl (C=O) groups is 2. The van der Waals surface area contributed by atoms with E-state index in [0.29, 0.717) is 35.5 Å². The molecule has 0 aliphatic carbocycles. The summed E-state index contributed by atoms with van der Waals surface area (Å²) in [5, 5.41) is 15.2. The Kier molecular flexibility index (Phi) is 6.00. The number of benzene rings is 2. The number of amides is 2. The van der Waals surface area contributed by atoms with Crippen molar-refractivity contribution in [3.8, 4) is 0 Å². The van der Waals surface area contributed by atoms with Crippen LogP contribution in [-0.4, -0.2) is 40.4 Å². The number of halogens is 1. The number of nitrogens with one attached hydrogen (secondary N) is 1. The van der Waals surface area contributed by atoms with Gasteiger partial charge in [0.05, 0.1) is 11.1 Å². The van der Waals surface area contributed by atoms with Crippen molar-refractivity contribution in [2.24, 2.45) is 5.10 Å². The summed E-state index contributed by atoms with van der Waals surface area (Å²) in [6, 6.07) is 11.7. The fraction of sp³-hybridized carbons (Fsp3) is 0.211. The number of carbonyl (C=O) groups excluding carboxylic acids is 2. The zero-order valence-electron chi connectivity index (χ0n) is 14.7. The van der Waals surface area contributed by atoms with Gasteiger partial charge in [-0.25, -0.2) is 5.43 Å². The fourth-order valence-corrected chi connectivity index (χ4v) is 3.18. The van der Waals surface area contributed by atoms with Crippen LogP contribution in [0.15, 0.2) is 53.6 Å². The Bertz CT molecular complexity index is 930. The van der Waals surface area contributed by atoms with Crippen molar-refractivity contribution >= 4 is 35.3 Å². The molecule has 2 amide bonds. The first-order valence-electron chi connectivity index (χ1n) is 8.60. The predicted octanol–water partition coefficient (Wildman–Crippen LogP) is 3.00. The van der Waals surface area contributed by atoms with Gasteiger partial charge in [0, 0.05) is 34.8 Å². The fourth-order valence-electron chi connectivity index (χ4n) is 2.99. The largest absolute Gasteiger partial charge is 0.327 e. The van der Waals surface area contributed by atoms with Gasteiger partial charge in [-0.3, -0.25) is 19.7 Å². The molecule has 0 bridgehead atoms. The van der Waals surface area contributed by atoms with E-state index in [1.54, 1.807) is 24.3 Å². The Hall–Kier alpha value is -3.26. The molecular weight excluding hydrogens is 384 g/mol. The summed E-state index contributed by atoms with van der Waals surface area (Å²) in [6.07, 6.45) is 2.65. The van der Waals surface area contributed by atoms with E-state index >= 15 is 0 Å². The van der Waals surface area contributed by atoms with Gasteiger partial charge in [0.2, 0.25) is 0 Å². The van der Waals surface area contributed by atoms with Crippen LogP contribution in [0.1, 0.15) is 28.8 Å². The third-order valence-corrected chi connectivity index (χ3v) is 4.77. The van der Waals surface area contributed by atoms with E-state index in [9.17, 15) is 19.7 Å². The Balaban J connectivity index is 1.66. The predicted molar refractivity (Wildman–Crippen MR) is 104 cm³/mol. The molecule has 1 fully saturated rings. The topological polar surface area (TPSA) is 105 Å². The van der Waals surface area contributed by atoms with Gasteiger partial charge in [0.25, 0.3) is 17.5 Å². The third-order valence-electron chi connectivity index (χ3n) is 4.42. The summed E-state index contributed by atoms with van der Waals surface area (Å²) < 4.78 is 0. The zero-order valence-corrected chi connectivity index (χ0v) is 15.5. The number of hydrogen-bond acceptors (Lipinski definition) is 5. The molecule has 1 aliphatic rings. The second-order valence-corrected chi connectivity index (χ2v) is 6.62. The molecule has 144 valence electrons. The van der Waals surface area contributed by atoms with Gasteiger partial charge in [-0.2, -0.15) is 5.10 Å². The highest BCUT2D eigenvalue weighted by atomic mass is 35.5. The van der Waals surface area contributed by atoms with Gasteiger partial charge in [-0.1, -0.05) is 29.8 Å². The molecule has 1 N–H and O–H groups in total. The SMILES string of the molecule is O=C(NN=Cc1ccccc1Cl)[C@H]1CCCN1C(=O)c1ccc([N+](=O)[O-])cc1. The van der Waals surface area contributed by atoms with Crippen LogP contribution in [0.5, 0.6) is 0 Å². The van der Waals surface area contributed by atoms with Crippen molar-refractivity contribution in [3.63, 3.8) is 0 Å². The van der Waals surface area contributed by atoms with Crippen molar-refractivity contribution < 1.29 is 14.5 Å². The molecule has 1 saturated heterocycles. The maximum atomic E-state index is 12.7. The molecule has 0 saturated carbocycles. The van der Waals surface area contributed by atoms with E-state index in [4.69, 9.17) is 11.6 Å². The van der Waals surface area contributed by atoms with Crippen LogP contribution >= 0.6 is 11.6 Å². The van der Waals surface area contributed by atoms with E-state index in [0.717, 1.165) is 0 Å². The Morgan fingerprint density at radius 3 is 2.61 bits per heavy atom. The van der Waals surface area contributed by atoms with Crippen molar-refractivity contribution in [2.45, 2.75) is 18.9 Å². The number of likely N-dealkylation sites (tertiary alicyclic amines) is 1. The molecule has 28 heavy (non-hydrogen) atoms. The van der Waals surface area contributed by atoms with Crippen LogP contribution in [-0.2, 0) is 4.79 Å². The first kappa shape index (κ1) is 19.5. The summed E-state index contributed by atoms with van der Waals surface area (Å²) in [5.41, 5.74) is 3.31. The first-order chi connectivity index (χ1) is 13.5. The lowest BCUT2D eigenvalue weighted by Crippen LogP contribution is -2.44. The minimum Gasteiger partial charge on any atom is -0.327 e. The molecule has 1 heterocycles. The number of nitro groups is 1. The molecule has 0 spiro atoms. The molecule has 0 unspecified atom stereocenters. The van der Waals surface area contributed by atoms with Gasteiger partial charge in [0.15, 0.2) is 0 Å². The smallest absolute Gasteiger partial charge is 0.269 e. The monoisotopic (exact) mass is 400 g/mol. The van der Waals surface area contributed by atoms with Gasteiger partial charge in [-0.05, 0) is 31.0 Å². The molecule has 0 aromatic heterocycles. The molecule has 1 atom stereocenters. The highest BCUT2D eigenvalue weighted by Gasteiger charge is 2.34. The minimum absolute atomic E-state index is 0.0961. The number of hydrazone groups is 1. The lowest BCUT2D eigenvalue weighted by Gasteiger charge is -2.23. The van der Waals surface area contributed by atoms with Crippen LogP contribution in [0.4, 0.5) is 5.69 Å². The summed E-state index contributed by atoms with van der Waals surface area (Å²) in [7, 11) is 0. The van der Waals surface area contributed by atoms with Crippen molar-refractivity contribution in [2.75, 3.05) is 6.54 Å². The van der Waals surface area contributed by atoms with Gasteiger partial charge >= 0.3 is 0 Å². The molecule has 0 radical (unpaired) electrons. The average molecular weight is 401 g/mol. The number of nitrogens with zero attached hydrogens (tertiary/aromatic N) is 3. The molecular formula is C19H17ClN4O4. The van der Waals surface area contributed by atoms with E-state index in [2.05, 4.69) is 10.5 Å². The number of non-ortho nitro benzene ring substituents is 1. The highest BCUT2D eigenvalue weighted by molar-refractivity contribution is 6.33. The average Bonchev–Trinajstić information content (AvgIpc) is 3.19. The lowest BCUT2D eigenvalue weighted by molar-refractivity contribution is -0.384. The van der Waals surface area contributed by atoms with Crippen molar-refractivity contribution in [1.29, 1.82) is 0 Å². The van der Waals surface area contributed by atoms with Crippen LogP contribution in [0, 0.1) is 10.1 Å². The normalized spacial score (nSPS) is 16.3.